The lowest BCUT2D eigenvalue weighted by atomic mass is 10.1. The molecule has 0 radical (unpaired) electrons. The van der Waals surface area contributed by atoms with Crippen molar-refractivity contribution in [2.45, 2.75) is 24.3 Å². The molecule has 0 aliphatic carbocycles. The van der Waals surface area contributed by atoms with Crippen molar-refractivity contribution in [1.82, 2.24) is 4.72 Å². The normalized spacial score (nSPS) is 11.4. The van der Waals surface area contributed by atoms with E-state index in [1.165, 1.54) is 24.7 Å². The van der Waals surface area contributed by atoms with E-state index in [9.17, 15) is 13.2 Å². The van der Waals surface area contributed by atoms with Gasteiger partial charge in [0.15, 0.2) is 0 Å². The summed E-state index contributed by atoms with van der Waals surface area (Å²) in [5.74, 6) is -0.881. The number of sulfonamides is 1. The number of carboxylic acids is 1. The van der Waals surface area contributed by atoms with E-state index in [1.807, 2.05) is 0 Å². The Labute approximate surface area is 122 Å². The zero-order chi connectivity index (χ0) is 15.3. The Morgan fingerprint density at radius 2 is 1.86 bits per heavy atom. The highest BCUT2D eigenvalue weighted by molar-refractivity contribution is 7.89. The summed E-state index contributed by atoms with van der Waals surface area (Å²) in [5.41, 5.74) is 1.52. The molecule has 0 bridgehead atoms. The topological polar surface area (TPSA) is 96.6 Å². The average Bonchev–Trinajstić information content (AvgIpc) is 2.97. The van der Waals surface area contributed by atoms with Crippen LogP contribution >= 0.6 is 0 Å². The molecule has 0 fully saturated rings. The predicted molar refractivity (Wildman–Crippen MR) is 75.1 cm³/mol. The summed E-state index contributed by atoms with van der Waals surface area (Å²) in [5, 5.41) is 8.61. The molecule has 2 N–H and O–H groups in total. The van der Waals surface area contributed by atoms with E-state index in [2.05, 4.69) is 4.72 Å². The van der Waals surface area contributed by atoms with E-state index in [1.54, 1.807) is 18.2 Å². The molecule has 2 rings (SSSR count). The van der Waals surface area contributed by atoms with Crippen molar-refractivity contribution in [3.05, 3.63) is 54.0 Å². The Morgan fingerprint density at radius 1 is 1.14 bits per heavy atom. The highest BCUT2D eigenvalue weighted by Gasteiger charge is 2.13. The first-order valence-electron chi connectivity index (χ1n) is 6.29. The van der Waals surface area contributed by atoms with Gasteiger partial charge in [-0.15, -0.1) is 0 Å². The van der Waals surface area contributed by atoms with E-state index < -0.39 is 16.0 Å². The number of rotatable bonds is 7. The minimum atomic E-state index is -3.59. The first kappa shape index (κ1) is 15.3. The largest absolute Gasteiger partial charge is 0.481 e. The summed E-state index contributed by atoms with van der Waals surface area (Å²) in [6, 6.07) is 7.85. The molecule has 0 saturated heterocycles. The lowest BCUT2D eigenvalue weighted by Gasteiger charge is -2.06. The van der Waals surface area contributed by atoms with E-state index in [4.69, 9.17) is 9.52 Å². The maximum absolute atomic E-state index is 12.1. The van der Waals surface area contributed by atoms with Crippen LogP contribution in [0.3, 0.4) is 0 Å². The third kappa shape index (κ3) is 4.44. The zero-order valence-corrected chi connectivity index (χ0v) is 12.0. The quantitative estimate of drug-likeness (QED) is 0.812. The SMILES string of the molecule is O=C(O)CCc1ccc(S(=O)(=O)NCc2ccoc2)cc1. The van der Waals surface area contributed by atoms with Gasteiger partial charge in [-0.2, -0.15) is 0 Å². The van der Waals surface area contributed by atoms with Gasteiger partial charge >= 0.3 is 5.97 Å². The molecule has 0 saturated carbocycles. The molecule has 6 nitrogen and oxygen atoms in total. The molecule has 0 spiro atoms. The van der Waals surface area contributed by atoms with E-state index in [0.717, 1.165) is 11.1 Å². The Balaban J connectivity index is 2.01. The van der Waals surface area contributed by atoms with E-state index >= 15 is 0 Å². The number of benzene rings is 1. The van der Waals surface area contributed by atoms with E-state index in [0.29, 0.717) is 6.42 Å². The number of hydrogen-bond donors (Lipinski definition) is 2. The van der Waals surface area contributed by atoms with Crippen LogP contribution in [0.5, 0.6) is 0 Å². The fraction of sp³-hybridized carbons (Fsp3) is 0.214. The van der Waals surface area contributed by atoms with Crippen LogP contribution in [0.15, 0.2) is 52.2 Å². The van der Waals surface area contributed by atoms with Gasteiger partial charge in [0.25, 0.3) is 0 Å². The van der Waals surface area contributed by atoms with Crippen LogP contribution in [-0.4, -0.2) is 19.5 Å². The summed E-state index contributed by atoms with van der Waals surface area (Å²) in [7, 11) is -3.59. The van der Waals surface area contributed by atoms with Gasteiger partial charge in [0.05, 0.1) is 17.4 Å². The second-order valence-corrected chi connectivity index (χ2v) is 6.26. The van der Waals surface area contributed by atoms with Crippen molar-refractivity contribution in [2.24, 2.45) is 0 Å². The van der Waals surface area contributed by atoms with Crippen molar-refractivity contribution in [2.75, 3.05) is 0 Å². The molecule has 1 aromatic heterocycles. The third-order valence-electron chi connectivity index (χ3n) is 2.91. The molecule has 21 heavy (non-hydrogen) atoms. The van der Waals surface area contributed by atoms with Gasteiger partial charge in [-0.05, 0) is 30.2 Å². The summed E-state index contributed by atoms with van der Waals surface area (Å²) in [6.07, 6.45) is 3.33. The molecular formula is C14H15NO5S. The highest BCUT2D eigenvalue weighted by Crippen LogP contribution is 2.12. The van der Waals surface area contributed by atoms with Gasteiger partial charge in [0.1, 0.15) is 0 Å². The number of carbonyl (C=O) groups is 1. The molecule has 1 aromatic carbocycles. The van der Waals surface area contributed by atoms with E-state index in [-0.39, 0.29) is 17.9 Å². The van der Waals surface area contributed by atoms with Gasteiger partial charge < -0.3 is 9.52 Å². The second-order valence-electron chi connectivity index (χ2n) is 4.49. The van der Waals surface area contributed by atoms with Crippen LogP contribution < -0.4 is 4.72 Å². The maximum atomic E-state index is 12.1. The van der Waals surface area contributed by atoms with Crippen molar-refractivity contribution >= 4 is 16.0 Å². The van der Waals surface area contributed by atoms with Crippen LogP contribution in [0.25, 0.3) is 0 Å². The smallest absolute Gasteiger partial charge is 0.303 e. The van der Waals surface area contributed by atoms with Crippen molar-refractivity contribution < 1.29 is 22.7 Å². The molecule has 0 amide bonds. The van der Waals surface area contributed by atoms with Gasteiger partial charge in [-0.3, -0.25) is 4.79 Å². The second kappa shape index (κ2) is 6.55. The van der Waals surface area contributed by atoms with Gasteiger partial charge in [0, 0.05) is 18.5 Å². The third-order valence-corrected chi connectivity index (χ3v) is 4.32. The number of nitrogens with one attached hydrogen (secondary N) is 1. The Bertz CT molecular complexity index is 689. The monoisotopic (exact) mass is 309 g/mol. The Morgan fingerprint density at radius 3 is 2.43 bits per heavy atom. The van der Waals surface area contributed by atoms with Crippen LogP contribution in [0, 0.1) is 0 Å². The molecule has 0 aliphatic heterocycles. The average molecular weight is 309 g/mol. The van der Waals surface area contributed by atoms with Crippen molar-refractivity contribution in [1.29, 1.82) is 0 Å². The van der Waals surface area contributed by atoms with Crippen LogP contribution in [0.2, 0.25) is 0 Å². The van der Waals surface area contributed by atoms with Crippen LogP contribution in [-0.2, 0) is 27.8 Å². The maximum Gasteiger partial charge on any atom is 0.303 e. The summed E-state index contributed by atoms with van der Waals surface area (Å²) >= 11 is 0. The molecule has 112 valence electrons. The minimum Gasteiger partial charge on any atom is -0.481 e. The standard InChI is InChI=1S/C14H15NO5S/c16-14(17)6-3-11-1-4-13(5-2-11)21(18,19)15-9-12-7-8-20-10-12/h1-2,4-5,7-8,10,15H,3,6,9H2,(H,16,17). The number of furan rings is 1. The summed E-state index contributed by atoms with van der Waals surface area (Å²) in [6.45, 7) is 0.152. The molecule has 1 heterocycles. The van der Waals surface area contributed by atoms with Crippen molar-refractivity contribution in [3.8, 4) is 0 Å². The molecule has 2 aromatic rings. The number of hydrogen-bond acceptors (Lipinski definition) is 4. The highest BCUT2D eigenvalue weighted by atomic mass is 32.2. The van der Waals surface area contributed by atoms with Crippen LogP contribution in [0.1, 0.15) is 17.5 Å². The van der Waals surface area contributed by atoms with Gasteiger partial charge in [-0.25, -0.2) is 13.1 Å². The molecule has 7 heteroatoms. The summed E-state index contributed by atoms with van der Waals surface area (Å²) < 4.78 is 31.5. The fourth-order valence-electron chi connectivity index (χ4n) is 1.74. The van der Waals surface area contributed by atoms with Crippen molar-refractivity contribution in [3.63, 3.8) is 0 Å². The lowest BCUT2D eigenvalue weighted by molar-refractivity contribution is -0.136. The van der Waals surface area contributed by atoms with Gasteiger partial charge in [0.2, 0.25) is 10.0 Å². The first-order valence-corrected chi connectivity index (χ1v) is 7.77. The number of aryl methyl sites for hydroxylation is 1. The minimum absolute atomic E-state index is 0.0187. The fourth-order valence-corrected chi connectivity index (χ4v) is 2.76. The molecule has 0 unspecified atom stereocenters. The Hall–Kier alpha value is -2.12. The molecule has 0 atom stereocenters. The lowest BCUT2D eigenvalue weighted by Crippen LogP contribution is -2.22. The zero-order valence-electron chi connectivity index (χ0n) is 11.2. The number of aliphatic carboxylic acids is 1. The summed E-state index contributed by atoms with van der Waals surface area (Å²) in [4.78, 5) is 10.6. The predicted octanol–water partition coefficient (Wildman–Crippen LogP) is 1.78. The number of carboxylic acid groups (broad SMARTS) is 1. The first-order chi connectivity index (χ1) is 9.97. The molecule has 0 aliphatic rings. The molecular weight excluding hydrogens is 294 g/mol. The van der Waals surface area contributed by atoms with Crippen LogP contribution in [0.4, 0.5) is 0 Å². The Kier molecular flexibility index (Phi) is 4.77. The van der Waals surface area contributed by atoms with Gasteiger partial charge in [-0.1, -0.05) is 12.1 Å².